The zero-order chi connectivity index (χ0) is 18.7. The predicted octanol–water partition coefficient (Wildman–Crippen LogP) is 3.60. The molecule has 138 valence electrons. The number of alkyl halides is 2. The molecule has 1 fully saturated rings. The molecule has 0 saturated carbocycles. The lowest BCUT2D eigenvalue weighted by Crippen LogP contribution is -2.35. The summed E-state index contributed by atoms with van der Waals surface area (Å²) in [6, 6.07) is 11.6. The number of carbonyl (C=O) groups excluding carboxylic acids is 1. The van der Waals surface area contributed by atoms with E-state index in [2.05, 4.69) is 0 Å². The van der Waals surface area contributed by atoms with Crippen molar-refractivity contribution in [2.24, 2.45) is 0 Å². The lowest BCUT2D eigenvalue weighted by molar-refractivity contribution is 0.0119. The van der Waals surface area contributed by atoms with Crippen molar-refractivity contribution in [2.75, 3.05) is 13.1 Å². The van der Waals surface area contributed by atoms with E-state index >= 15 is 0 Å². The molecule has 0 atom stereocenters. The number of halogens is 2. The minimum Gasteiger partial charge on any atom is -0.427 e. The number of hydrogen-bond acceptors (Lipinski definition) is 3. The van der Waals surface area contributed by atoms with Crippen molar-refractivity contribution >= 4 is 5.91 Å². The van der Waals surface area contributed by atoms with E-state index in [1.165, 1.54) is 5.56 Å². The molecule has 4 nitrogen and oxygen atoms in total. The second kappa shape index (κ2) is 7.40. The van der Waals surface area contributed by atoms with Crippen LogP contribution in [0.15, 0.2) is 45.6 Å². The fourth-order valence-corrected chi connectivity index (χ4v) is 3.23. The topological polar surface area (TPSA) is 50.5 Å². The van der Waals surface area contributed by atoms with Crippen molar-refractivity contribution in [1.29, 1.82) is 0 Å². The molecule has 1 aliphatic heterocycles. The van der Waals surface area contributed by atoms with Gasteiger partial charge in [0.25, 0.3) is 11.8 Å². The van der Waals surface area contributed by atoms with Gasteiger partial charge in [-0.15, -0.1) is 0 Å². The molecule has 0 radical (unpaired) electrons. The van der Waals surface area contributed by atoms with Crippen LogP contribution >= 0.6 is 0 Å². The number of benzene rings is 1. The monoisotopic (exact) mass is 361 g/mol. The quantitative estimate of drug-likeness (QED) is 0.818. The van der Waals surface area contributed by atoms with Gasteiger partial charge in [0.1, 0.15) is 11.3 Å². The summed E-state index contributed by atoms with van der Waals surface area (Å²) in [7, 11) is 0. The van der Waals surface area contributed by atoms with Gasteiger partial charge in [0.05, 0.1) is 6.54 Å². The summed E-state index contributed by atoms with van der Waals surface area (Å²) in [6.45, 7) is 0.937. The first-order valence-electron chi connectivity index (χ1n) is 8.70. The zero-order valence-corrected chi connectivity index (χ0v) is 14.6. The summed E-state index contributed by atoms with van der Waals surface area (Å²) in [5.74, 6) is -3.06. The predicted molar refractivity (Wildman–Crippen MR) is 93.6 cm³/mol. The van der Waals surface area contributed by atoms with E-state index in [-0.39, 0.29) is 18.5 Å². The number of amides is 1. The minimum atomic E-state index is -2.89. The fraction of sp³-hybridized carbons (Fsp3) is 0.400. The van der Waals surface area contributed by atoms with Crippen LogP contribution in [0.25, 0.3) is 0 Å². The molecule has 2 aromatic rings. The Morgan fingerprint density at radius 2 is 1.96 bits per heavy atom. The van der Waals surface area contributed by atoms with E-state index in [9.17, 15) is 18.4 Å². The van der Waals surface area contributed by atoms with Crippen molar-refractivity contribution in [2.45, 2.75) is 38.5 Å². The summed E-state index contributed by atoms with van der Waals surface area (Å²) in [6.07, 6.45) is 1.85. The van der Waals surface area contributed by atoms with E-state index in [1.54, 1.807) is 13.0 Å². The Balaban J connectivity index is 1.68. The minimum absolute atomic E-state index is 0.0520. The molecule has 0 bridgehead atoms. The maximum atomic E-state index is 13.3. The summed E-state index contributed by atoms with van der Waals surface area (Å²) in [4.78, 5) is 25.7. The third kappa shape index (κ3) is 4.18. The van der Waals surface area contributed by atoms with Gasteiger partial charge in [-0.05, 0) is 37.0 Å². The van der Waals surface area contributed by atoms with Gasteiger partial charge in [-0.3, -0.25) is 4.79 Å². The number of likely N-dealkylation sites (tertiary alicyclic amines) is 1. The highest BCUT2D eigenvalue weighted by molar-refractivity contribution is 5.95. The van der Waals surface area contributed by atoms with Crippen LogP contribution in [0.5, 0.6) is 0 Å². The Kier molecular flexibility index (Phi) is 5.20. The van der Waals surface area contributed by atoms with Crippen LogP contribution in [0, 0.1) is 6.92 Å². The SMILES string of the molecule is Cc1cc(CCCc2ccccc2)oc(=O)c1C(=O)N1CCC(F)(F)C1. The molecule has 2 heterocycles. The highest BCUT2D eigenvalue weighted by Gasteiger charge is 2.41. The number of rotatable bonds is 5. The summed E-state index contributed by atoms with van der Waals surface area (Å²) in [5.41, 5.74) is 0.777. The Morgan fingerprint density at radius 3 is 2.58 bits per heavy atom. The van der Waals surface area contributed by atoms with E-state index in [1.807, 2.05) is 30.3 Å². The third-order valence-electron chi connectivity index (χ3n) is 4.60. The van der Waals surface area contributed by atoms with E-state index in [0.29, 0.717) is 17.7 Å². The first-order valence-corrected chi connectivity index (χ1v) is 8.70. The number of hydrogen-bond donors (Lipinski definition) is 0. The second-order valence-corrected chi connectivity index (χ2v) is 6.73. The summed E-state index contributed by atoms with van der Waals surface area (Å²) >= 11 is 0. The van der Waals surface area contributed by atoms with Crippen LogP contribution < -0.4 is 5.63 Å². The Hall–Kier alpha value is -2.50. The van der Waals surface area contributed by atoms with Gasteiger partial charge >= 0.3 is 5.63 Å². The molecule has 26 heavy (non-hydrogen) atoms. The van der Waals surface area contributed by atoms with Crippen molar-refractivity contribution in [3.63, 3.8) is 0 Å². The highest BCUT2D eigenvalue weighted by atomic mass is 19.3. The Labute approximate surface area is 150 Å². The molecule has 1 aromatic heterocycles. The van der Waals surface area contributed by atoms with E-state index in [4.69, 9.17) is 4.42 Å². The number of nitrogens with zero attached hydrogens (tertiary/aromatic N) is 1. The van der Waals surface area contributed by atoms with Crippen LogP contribution in [0.1, 0.15) is 40.1 Å². The van der Waals surface area contributed by atoms with Gasteiger partial charge in [-0.25, -0.2) is 13.6 Å². The van der Waals surface area contributed by atoms with Crippen LogP contribution in [0.2, 0.25) is 0 Å². The third-order valence-corrected chi connectivity index (χ3v) is 4.60. The smallest absolute Gasteiger partial charge is 0.349 e. The normalized spacial score (nSPS) is 16.0. The molecule has 1 aromatic carbocycles. The number of aryl methyl sites for hydroxylation is 3. The van der Waals surface area contributed by atoms with Crippen molar-refractivity contribution in [1.82, 2.24) is 4.90 Å². The second-order valence-electron chi connectivity index (χ2n) is 6.73. The molecule has 1 amide bonds. The largest absolute Gasteiger partial charge is 0.427 e. The Morgan fingerprint density at radius 1 is 1.23 bits per heavy atom. The molecule has 1 saturated heterocycles. The molecule has 1 aliphatic rings. The molecule has 0 N–H and O–H groups in total. The highest BCUT2D eigenvalue weighted by Crippen LogP contribution is 2.28. The van der Waals surface area contributed by atoms with Crippen molar-refractivity contribution in [3.05, 3.63) is 69.3 Å². The van der Waals surface area contributed by atoms with Gasteiger partial charge in [0, 0.05) is 19.4 Å². The zero-order valence-electron chi connectivity index (χ0n) is 14.6. The van der Waals surface area contributed by atoms with Crippen LogP contribution in [0.3, 0.4) is 0 Å². The summed E-state index contributed by atoms with van der Waals surface area (Å²) in [5, 5.41) is 0. The average molecular weight is 361 g/mol. The molecule has 0 aliphatic carbocycles. The first-order chi connectivity index (χ1) is 12.4. The van der Waals surface area contributed by atoms with Crippen molar-refractivity contribution in [3.8, 4) is 0 Å². The van der Waals surface area contributed by atoms with Gasteiger partial charge < -0.3 is 9.32 Å². The number of carbonyl (C=O) groups is 1. The first kappa shape index (κ1) is 18.3. The van der Waals surface area contributed by atoms with Crippen LogP contribution in [-0.4, -0.2) is 29.8 Å². The maximum Gasteiger partial charge on any atom is 0.349 e. The molecule has 0 spiro atoms. The van der Waals surface area contributed by atoms with Gasteiger partial charge in [-0.2, -0.15) is 0 Å². The lowest BCUT2D eigenvalue weighted by atomic mass is 10.1. The standard InChI is InChI=1S/C20H21F2NO3/c1-14-12-16(9-5-8-15-6-3-2-4-7-15)26-19(25)17(14)18(24)23-11-10-20(21,22)13-23/h2-4,6-7,12H,5,8-11,13H2,1H3. The fourth-order valence-electron chi connectivity index (χ4n) is 3.23. The molecule has 6 heteroatoms. The molecule has 3 rings (SSSR count). The van der Waals surface area contributed by atoms with Crippen LogP contribution in [0.4, 0.5) is 8.78 Å². The van der Waals surface area contributed by atoms with Gasteiger partial charge in [0.2, 0.25) is 0 Å². The summed E-state index contributed by atoms with van der Waals surface area (Å²) < 4.78 is 31.9. The Bertz CT molecular complexity index is 846. The molecule has 0 unspecified atom stereocenters. The molecular weight excluding hydrogens is 340 g/mol. The maximum absolute atomic E-state index is 13.3. The average Bonchev–Trinajstić information content (AvgIpc) is 2.95. The van der Waals surface area contributed by atoms with Crippen LogP contribution in [-0.2, 0) is 12.8 Å². The van der Waals surface area contributed by atoms with Crippen molar-refractivity contribution < 1.29 is 18.0 Å². The lowest BCUT2D eigenvalue weighted by Gasteiger charge is -2.16. The molecular formula is C20H21F2NO3. The van der Waals surface area contributed by atoms with Gasteiger partial charge in [-0.1, -0.05) is 30.3 Å². The van der Waals surface area contributed by atoms with Gasteiger partial charge in [0.15, 0.2) is 0 Å². The van der Waals surface area contributed by atoms with E-state index in [0.717, 1.165) is 17.7 Å². The van der Waals surface area contributed by atoms with E-state index < -0.39 is 24.0 Å².